The second-order valence-corrected chi connectivity index (χ2v) is 3.60. The van der Waals surface area contributed by atoms with Gasteiger partial charge in [-0.05, 0) is 19.4 Å². The molecule has 1 unspecified atom stereocenters. The Morgan fingerprint density at radius 1 is 1.56 bits per heavy atom. The lowest BCUT2D eigenvalue weighted by atomic mass is 10.2. The molecule has 0 bridgehead atoms. The van der Waals surface area contributed by atoms with Crippen molar-refractivity contribution in [3.63, 3.8) is 0 Å². The summed E-state index contributed by atoms with van der Waals surface area (Å²) < 4.78 is 5.14. The fraction of sp³-hybridized carbons (Fsp3) is 0.455. The molecule has 0 aliphatic heterocycles. The van der Waals surface area contributed by atoms with Crippen LogP contribution in [-0.4, -0.2) is 18.1 Å². The second kappa shape index (κ2) is 5.34. The number of nitro benzene ring substituents is 1. The van der Waals surface area contributed by atoms with E-state index in [-0.39, 0.29) is 11.7 Å². The third-order valence-electron chi connectivity index (χ3n) is 2.41. The van der Waals surface area contributed by atoms with E-state index >= 15 is 0 Å². The van der Waals surface area contributed by atoms with E-state index in [4.69, 9.17) is 4.74 Å². The van der Waals surface area contributed by atoms with Gasteiger partial charge in [0.1, 0.15) is 5.75 Å². The lowest BCUT2D eigenvalue weighted by Gasteiger charge is -2.15. The highest BCUT2D eigenvalue weighted by molar-refractivity contribution is 5.61. The van der Waals surface area contributed by atoms with Crippen LogP contribution < -0.4 is 10.1 Å². The number of nitrogens with zero attached hydrogens (tertiary/aromatic N) is 1. The highest BCUT2D eigenvalue weighted by atomic mass is 16.6. The monoisotopic (exact) mass is 224 g/mol. The van der Waals surface area contributed by atoms with Gasteiger partial charge in [-0.1, -0.05) is 6.92 Å². The maximum Gasteiger partial charge on any atom is 0.271 e. The Labute approximate surface area is 94.6 Å². The van der Waals surface area contributed by atoms with E-state index in [1.807, 2.05) is 13.8 Å². The van der Waals surface area contributed by atoms with Crippen LogP contribution >= 0.6 is 0 Å². The van der Waals surface area contributed by atoms with Crippen molar-refractivity contribution in [2.75, 3.05) is 12.4 Å². The molecule has 16 heavy (non-hydrogen) atoms. The summed E-state index contributed by atoms with van der Waals surface area (Å²) in [4.78, 5) is 10.2. The summed E-state index contributed by atoms with van der Waals surface area (Å²) in [5.41, 5.74) is 0.720. The van der Waals surface area contributed by atoms with Gasteiger partial charge in [0, 0.05) is 18.2 Å². The zero-order valence-corrected chi connectivity index (χ0v) is 9.69. The van der Waals surface area contributed by atoms with E-state index in [1.165, 1.54) is 12.1 Å². The number of nitrogens with one attached hydrogen (secondary N) is 1. The predicted octanol–water partition coefficient (Wildman–Crippen LogP) is 2.81. The van der Waals surface area contributed by atoms with Crippen LogP contribution in [0, 0.1) is 10.1 Å². The second-order valence-electron chi connectivity index (χ2n) is 3.60. The van der Waals surface area contributed by atoms with E-state index in [0.717, 1.165) is 6.42 Å². The molecule has 1 aromatic carbocycles. The summed E-state index contributed by atoms with van der Waals surface area (Å²) in [6.07, 6.45) is 0.936. The fourth-order valence-corrected chi connectivity index (χ4v) is 1.29. The number of rotatable bonds is 5. The van der Waals surface area contributed by atoms with Crippen LogP contribution in [0.5, 0.6) is 5.75 Å². The summed E-state index contributed by atoms with van der Waals surface area (Å²) >= 11 is 0. The van der Waals surface area contributed by atoms with Gasteiger partial charge >= 0.3 is 0 Å². The molecule has 1 N–H and O–H groups in total. The van der Waals surface area contributed by atoms with Crippen molar-refractivity contribution >= 4 is 11.4 Å². The average molecular weight is 224 g/mol. The summed E-state index contributed by atoms with van der Waals surface area (Å²) in [5, 5.41) is 13.8. The minimum absolute atomic E-state index is 0.0617. The molecule has 0 aromatic heterocycles. The Kier molecular flexibility index (Phi) is 4.10. The van der Waals surface area contributed by atoms with Crippen molar-refractivity contribution in [2.45, 2.75) is 26.3 Å². The molecule has 0 fully saturated rings. The molecule has 5 heteroatoms. The summed E-state index contributed by atoms with van der Waals surface area (Å²) in [5.74, 6) is 0.617. The number of benzene rings is 1. The maximum atomic E-state index is 10.6. The van der Waals surface area contributed by atoms with Gasteiger partial charge in [0.25, 0.3) is 5.69 Å². The first-order chi connectivity index (χ1) is 7.58. The quantitative estimate of drug-likeness (QED) is 0.617. The van der Waals surface area contributed by atoms with Gasteiger partial charge in [-0.15, -0.1) is 0 Å². The summed E-state index contributed by atoms with van der Waals surface area (Å²) in [6.45, 7) is 4.06. The molecule has 1 atom stereocenters. The lowest BCUT2D eigenvalue weighted by Crippen LogP contribution is -2.14. The van der Waals surface area contributed by atoms with Crippen molar-refractivity contribution in [1.29, 1.82) is 0 Å². The molecular formula is C11H16N2O3. The Hall–Kier alpha value is -1.78. The van der Waals surface area contributed by atoms with E-state index in [9.17, 15) is 10.1 Å². The molecule has 0 spiro atoms. The SMILES string of the molecule is CCC(C)Nc1cc([N+](=O)[O-])ccc1OC. The Morgan fingerprint density at radius 3 is 2.75 bits per heavy atom. The van der Waals surface area contributed by atoms with E-state index < -0.39 is 4.92 Å². The van der Waals surface area contributed by atoms with Crippen LogP contribution in [0.1, 0.15) is 20.3 Å². The average Bonchev–Trinajstić information content (AvgIpc) is 2.28. The number of anilines is 1. The van der Waals surface area contributed by atoms with Gasteiger partial charge in [-0.2, -0.15) is 0 Å². The van der Waals surface area contributed by atoms with E-state index in [1.54, 1.807) is 13.2 Å². The molecule has 1 aromatic rings. The third-order valence-corrected chi connectivity index (χ3v) is 2.41. The van der Waals surface area contributed by atoms with Crippen LogP contribution in [0.25, 0.3) is 0 Å². The fourth-order valence-electron chi connectivity index (χ4n) is 1.29. The van der Waals surface area contributed by atoms with Crippen LogP contribution in [0.3, 0.4) is 0 Å². The summed E-state index contributed by atoms with van der Waals surface area (Å²) in [7, 11) is 1.54. The molecule has 88 valence electrons. The first kappa shape index (κ1) is 12.3. The van der Waals surface area contributed by atoms with Crippen molar-refractivity contribution in [3.8, 4) is 5.75 Å². The number of ether oxygens (including phenoxy) is 1. The largest absolute Gasteiger partial charge is 0.495 e. The molecule has 0 amide bonds. The maximum absolute atomic E-state index is 10.6. The Morgan fingerprint density at radius 2 is 2.25 bits per heavy atom. The van der Waals surface area contributed by atoms with E-state index in [0.29, 0.717) is 11.4 Å². The van der Waals surface area contributed by atoms with Crippen LogP contribution in [-0.2, 0) is 0 Å². The third kappa shape index (κ3) is 2.85. The normalized spacial score (nSPS) is 11.9. The molecule has 0 aliphatic carbocycles. The first-order valence-electron chi connectivity index (χ1n) is 5.17. The Bertz CT molecular complexity index is 379. The minimum Gasteiger partial charge on any atom is -0.495 e. The highest BCUT2D eigenvalue weighted by Gasteiger charge is 2.12. The van der Waals surface area contributed by atoms with Crippen LogP contribution in [0.2, 0.25) is 0 Å². The van der Waals surface area contributed by atoms with Crippen LogP contribution in [0.4, 0.5) is 11.4 Å². The molecule has 0 heterocycles. The van der Waals surface area contributed by atoms with Gasteiger partial charge in [0.05, 0.1) is 17.7 Å². The zero-order chi connectivity index (χ0) is 12.1. The van der Waals surface area contributed by atoms with Gasteiger partial charge in [0.2, 0.25) is 0 Å². The van der Waals surface area contributed by atoms with Crippen molar-refractivity contribution in [2.24, 2.45) is 0 Å². The molecule has 0 radical (unpaired) electrons. The number of hydrogen-bond donors (Lipinski definition) is 1. The zero-order valence-electron chi connectivity index (χ0n) is 9.69. The first-order valence-corrected chi connectivity index (χ1v) is 5.17. The van der Waals surface area contributed by atoms with Gasteiger partial charge in [-0.25, -0.2) is 0 Å². The molecular weight excluding hydrogens is 208 g/mol. The molecule has 5 nitrogen and oxygen atoms in total. The lowest BCUT2D eigenvalue weighted by molar-refractivity contribution is -0.384. The number of methoxy groups -OCH3 is 1. The number of non-ortho nitro benzene ring substituents is 1. The molecule has 1 rings (SSSR count). The van der Waals surface area contributed by atoms with Gasteiger partial charge < -0.3 is 10.1 Å². The van der Waals surface area contributed by atoms with Gasteiger partial charge in [0.15, 0.2) is 0 Å². The smallest absolute Gasteiger partial charge is 0.271 e. The standard InChI is InChI=1S/C11H16N2O3/c1-4-8(2)12-10-7-9(13(14)15)5-6-11(10)16-3/h5-8,12H,4H2,1-3H3. The number of nitro groups is 1. The highest BCUT2D eigenvalue weighted by Crippen LogP contribution is 2.29. The van der Waals surface area contributed by atoms with Crippen molar-refractivity contribution in [3.05, 3.63) is 28.3 Å². The van der Waals surface area contributed by atoms with Crippen LogP contribution in [0.15, 0.2) is 18.2 Å². The topological polar surface area (TPSA) is 64.4 Å². The van der Waals surface area contributed by atoms with Crippen molar-refractivity contribution < 1.29 is 9.66 Å². The molecule has 0 saturated heterocycles. The Balaban J connectivity index is 3.02. The number of hydrogen-bond acceptors (Lipinski definition) is 4. The molecule has 0 aliphatic rings. The summed E-state index contributed by atoms with van der Waals surface area (Å²) in [6, 6.07) is 4.77. The minimum atomic E-state index is -0.415. The van der Waals surface area contributed by atoms with Gasteiger partial charge in [-0.3, -0.25) is 10.1 Å². The predicted molar refractivity (Wildman–Crippen MR) is 63.0 cm³/mol. The van der Waals surface area contributed by atoms with E-state index in [2.05, 4.69) is 5.32 Å². The van der Waals surface area contributed by atoms with Crippen molar-refractivity contribution in [1.82, 2.24) is 0 Å². The molecule has 0 saturated carbocycles.